The van der Waals surface area contributed by atoms with Gasteiger partial charge in [0.05, 0.1) is 16.4 Å². The van der Waals surface area contributed by atoms with Crippen LogP contribution >= 0.6 is 23.4 Å². The second-order valence-corrected chi connectivity index (χ2v) is 10.2. The number of non-ortho nitro benzene ring substituents is 1. The number of nitro groups is 1. The fraction of sp³-hybridized carbons (Fsp3) is 0.0435. The van der Waals surface area contributed by atoms with Gasteiger partial charge < -0.3 is 4.18 Å². The van der Waals surface area contributed by atoms with E-state index >= 15 is 0 Å². The van der Waals surface area contributed by atoms with Gasteiger partial charge in [-0.15, -0.1) is 0 Å². The standard InChI is InChI=1S/C23H15ClN2O7S2/c24-20-4-2-1-3-16(20)14-25-22(27)21(34-23(25)28)13-15-5-9-18(10-6-15)33-35(31,32)19-11-7-17(8-12-19)26(29)30/h1-13H,14H2/b21-13-. The van der Waals surface area contributed by atoms with Crippen molar-refractivity contribution in [2.75, 3.05) is 0 Å². The summed E-state index contributed by atoms with van der Waals surface area (Å²) in [6.07, 6.45) is 1.52. The average Bonchev–Trinajstić information content (AvgIpc) is 3.09. The number of nitro benzene ring substituents is 1. The van der Waals surface area contributed by atoms with E-state index in [0.717, 1.165) is 40.9 Å². The summed E-state index contributed by atoms with van der Waals surface area (Å²) in [6.45, 7) is 0.0506. The van der Waals surface area contributed by atoms with Crippen LogP contribution in [-0.4, -0.2) is 29.4 Å². The molecule has 0 N–H and O–H groups in total. The first-order valence-corrected chi connectivity index (χ1v) is 12.5. The highest BCUT2D eigenvalue weighted by molar-refractivity contribution is 8.18. The highest BCUT2D eigenvalue weighted by Gasteiger charge is 2.35. The molecule has 178 valence electrons. The van der Waals surface area contributed by atoms with Gasteiger partial charge in [0.15, 0.2) is 0 Å². The highest BCUT2D eigenvalue weighted by Crippen LogP contribution is 2.34. The van der Waals surface area contributed by atoms with Crippen molar-refractivity contribution in [3.63, 3.8) is 0 Å². The number of carbonyl (C=O) groups is 2. The second-order valence-electron chi connectivity index (χ2n) is 7.22. The molecule has 1 aliphatic rings. The van der Waals surface area contributed by atoms with E-state index in [-0.39, 0.29) is 27.8 Å². The van der Waals surface area contributed by atoms with E-state index in [4.69, 9.17) is 15.8 Å². The number of hydrogen-bond acceptors (Lipinski definition) is 8. The Labute approximate surface area is 209 Å². The molecule has 0 atom stereocenters. The van der Waals surface area contributed by atoms with E-state index in [9.17, 15) is 28.1 Å². The van der Waals surface area contributed by atoms with E-state index in [1.807, 2.05) is 0 Å². The number of imide groups is 1. The van der Waals surface area contributed by atoms with Gasteiger partial charge in [0.25, 0.3) is 16.8 Å². The number of carbonyl (C=O) groups excluding carboxylic acids is 2. The quantitative estimate of drug-likeness (QED) is 0.175. The molecular formula is C23H15ClN2O7S2. The van der Waals surface area contributed by atoms with Crippen LogP contribution in [0.3, 0.4) is 0 Å². The van der Waals surface area contributed by atoms with Crippen molar-refractivity contribution >= 4 is 56.4 Å². The third-order valence-electron chi connectivity index (χ3n) is 4.88. The van der Waals surface area contributed by atoms with E-state index < -0.39 is 26.2 Å². The maximum atomic E-state index is 12.7. The zero-order valence-corrected chi connectivity index (χ0v) is 20.0. The maximum Gasteiger partial charge on any atom is 0.339 e. The van der Waals surface area contributed by atoms with Crippen LogP contribution in [0, 0.1) is 10.1 Å². The molecule has 0 bridgehead atoms. The number of nitrogens with zero attached hydrogens (tertiary/aromatic N) is 2. The van der Waals surface area contributed by atoms with Gasteiger partial charge in [0.2, 0.25) is 0 Å². The van der Waals surface area contributed by atoms with Crippen LogP contribution < -0.4 is 4.18 Å². The Morgan fingerprint density at radius 1 is 1.00 bits per heavy atom. The highest BCUT2D eigenvalue weighted by atomic mass is 35.5. The summed E-state index contributed by atoms with van der Waals surface area (Å²) in [6, 6.07) is 17.1. The summed E-state index contributed by atoms with van der Waals surface area (Å²) in [5, 5.41) is 10.8. The van der Waals surface area contributed by atoms with Crippen LogP contribution in [0.25, 0.3) is 6.08 Å². The van der Waals surface area contributed by atoms with Gasteiger partial charge in [-0.25, -0.2) is 0 Å². The Balaban J connectivity index is 1.46. The molecule has 12 heteroatoms. The van der Waals surface area contributed by atoms with Gasteiger partial charge in [-0.3, -0.25) is 24.6 Å². The number of benzene rings is 3. The lowest BCUT2D eigenvalue weighted by atomic mass is 10.2. The first-order chi connectivity index (χ1) is 16.6. The Hall–Kier alpha value is -3.67. The molecule has 3 aromatic rings. The topological polar surface area (TPSA) is 124 Å². The molecule has 0 aromatic heterocycles. The summed E-state index contributed by atoms with van der Waals surface area (Å²) in [5.74, 6) is -0.451. The van der Waals surface area contributed by atoms with Crippen LogP contribution in [-0.2, 0) is 21.5 Å². The van der Waals surface area contributed by atoms with Crippen LogP contribution in [0.4, 0.5) is 10.5 Å². The summed E-state index contributed by atoms with van der Waals surface area (Å²) in [7, 11) is -4.21. The summed E-state index contributed by atoms with van der Waals surface area (Å²) < 4.78 is 29.9. The summed E-state index contributed by atoms with van der Waals surface area (Å²) in [5.41, 5.74) is 0.950. The van der Waals surface area contributed by atoms with Crippen LogP contribution in [0.15, 0.2) is 82.6 Å². The van der Waals surface area contributed by atoms with Crippen LogP contribution in [0.1, 0.15) is 11.1 Å². The van der Waals surface area contributed by atoms with Crippen molar-refractivity contribution < 1.29 is 27.1 Å². The van der Waals surface area contributed by atoms with Crippen molar-refractivity contribution in [3.8, 4) is 5.75 Å². The summed E-state index contributed by atoms with van der Waals surface area (Å²) >= 11 is 6.93. The fourth-order valence-corrected chi connectivity index (χ4v) is 5.08. The average molecular weight is 531 g/mol. The van der Waals surface area contributed by atoms with Crippen molar-refractivity contribution in [1.82, 2.24) is 4.90 Å². The second kappa shape index (κ2) is 9.90. The number of hydrogen-bond donors (Lipinski definition) is 0. The SMILES string of the molecule is O=C1S/C(=C\c2ccc(OS(=O)(=O)c3ccc([N+](=O)[O-])cc3)cc2)C(=O)N1Cc1ccccc1Cl. The van der Waals surface area contributed by atoms with Gasteiger partial charge in [0.1, 0.15) is 10.6 Å². The number of amides is 2. The molecule has 0 saturated carbocycles. The Morgan fingerprint density at radius 2 is 1.66 bits per heavy atom. The van der Waals surface area contributed by atoms with E-state index in [1.165, 1.54) is 30.3 Å². The lowest BCUT2D eigenvalue weighted by Crippen LogP contribution is -2.27. The Morgan fingerprint density at radius 3 is 2.29 bits per heavy atom. The lowest BCUT2D eigenvalue weighted by molar-refractivity contribution is -0.384. The molecule has 9 nitrogen and oxygen atoms in total. The van der Waals surface area contributed by atoms with Crippen molar-refractivity contribution in [2.24, 2.45) is 0 Å². The molecule has 0 spiro atoms. The molecule has 35 heavy (non-hydrogen) atoms. The first kappa shape index (κ1) is 24.5. The molecular weight excluding hydrogens is 516 g/mol. The Bertz CT molecular complexity index is 1450. The van der Waals surface area contributed by atoms with Gasteiger partial charge in [-0.05, 0) is 59.3 Å². The van der Waals surface area contributed by atoms with Crippen LogP contribution in [0.2, 0.25) is 5.02 Å². The first-order valence-electron chi connectivity index (χ1n) is 9.92. The minimum absolute atomic E-state index is 0.00678. The normalized spacial score (nSPS) is 15.0. The molecule has 1 heterocycles. The molecule has 0 unspecified atom stereocenters. The lowest BCUT2D eigenvalue weighted by Gasteiger charge is -2.13. The van der Waals surface area contributed by atoms with Crippen molar-refractivity contribution in [3.05, 3.63) is 104 Å². The van der Waals surface area contributed by atoms with Gasteiger partial charge in [0, 0.05) is 17.2 Å². The number of rotatable bonds is 7. The molecule has 4 rings (SSSR count). The molecule has 2 amide bonds. The van der Waals surface area contributed by atoms with Gasteiger partial charge in [-0.2, -0.15) is 8.42 Å². The molecule has 0 radical (unpaired) electrons. The fourth-order valence-electron chi connectivity index (χ4n) is 3.11. The van der Waals surface area contributed by atoms with Crippen molar-refractivity contribution in [2.45, 2.75) is 11.4 Å². The third-order valence-corrected chi connectivity index (χ3v) is 7.42. The summed E-state index contributed by atoms with van der Waals surface area (Å²) in [4.78, 5) is 36.3. The van der Waals surface area contributed by atoms with E-state index in [2.05, 4.69) is 0 Å². The number of thioether (sulfide) groups is 1. The molecule has 1 fully saturated rings. The molecule has 1 aliphatic heterocycles. The van der Waals surface area contributed by atoms with Crippen LogP contribution in [0.5, 0.6) is 5.75 Å². The predicted octanol–water partition coefficient (Wildman–Crippen LogP) is 5.25. The van der Waals surface area contributed by atoms with E-state index in [0.29, 0.717) is 16.1 Å². The zero-order chi connectivity index (χ0) is 25.2. The Kier molecular flexibility index (Phi) is 6.92. The minimum atomic E-state index is -4.21. The third kappa shape index (κ3) is 5.53. The van der Waals surface area contributed by atoms with Gasteiger partial charge >= 0.3 is 10.1 Å². The zero-order valence-electron chi connectivity index (χ0n) is 17.7. The molecule has 3 aromatic carbocycles. The van der Waals surface area contributed by atoms with Crippen molar-refractivity contribution in [1.29, 1.82) is 0 Å². The predicted molar refractivity (Wildman–Crippen MR) is 130 cm³/mol. The largest absolute Gasteiger partial charge is 0.379 e. The smallest absolute Gasteiger partial charge is 0.339 e. The minimum Gasteiger partial charge on any atom is -0.379 e. The molecule has 1 saturated heterocycles. The number of halogens is 1. The monoisotopic (exact) mass is 530 g/mol. The van der Waals surface area contributed by atoms with E-state index in [1.54, 1.807) is 24.3 Å². The maximum absolute atomic E-state index is 12.7. The van der Waals surface area contributed by atoms with Gasteiger partial charge in [-0.1, -0.05) is 41.9 Å². The molecule has 0 aliphatic carbocycles.